The van der Waals surface area contributed by atoms with E-state index in [1.54, 1.807) is 24.1 Å². The van der Waals surface area contributed by atoms with E-state index in [0.29, 0.717) is 17.7 Å². The van der Waals surface area contributed by atoms with E-state index in [9.17, 15) is 14.9 Å². The van der Waals surface area contributed by atoms with Crippen LogP contribution in [-0.4, -0.2) is 29.3 Å². The first-order valence-electron chi connectivity index (χ1n) is 8.28. The molecule has 2 aromatic rings. The Labute approximate surface area is 148 Å². The number of carbonyl (C=O) groups is 1. The van der Waals surface area contributed by atoms with Crippen LogP contribution < -0.4 is 0 Å². The van der Waals surface area contributed by atoms with Crippen LogP contribution in [0.25, 0.3) is 0 Å². The zero-order chi connectivity index (χ0) is 18.6. The fourth-order valence-corrected chi connectivity index (χ4v) is 2.71. The van der Waals surface area contributed by atoms with E-state index in [4.69, 9.17) is 0 Å². The maximum atomic E-state index is 12.6. The van der Waals surface area contributed by atoms with E-state index in [2.05, 4.69) is 0 Å². The van der Waals surface area contributed by atoms with Crippen LogP contribution in [-0.2, 0) is 11.8 Å². The Kier molecular flexibility index (Phi) is 5.57. The molecule has 1 amide bonds. The summed E-state index contributed by atoms with van der Waals surface area (Å²) in [4.78, 5) is 25.2. The molecule has 0 fully saturated rings. The number of hydrogen-bond donors (Lipinski definition) is 0. The Bertz CT molecular complexity index is 764. The van der Waals surface area contributed by atoms with Gasteiger partial charge >= 0.3 is 0 Å². The van der Waals surface area contributed by atoms with Gasteiger partial charge in [0.1, 0.15) is 0 Å². The fraction of sp³-hybridized carbons (Fsp3) is 0.350. The number of carbonyl (C=O) groups excluding carboxylic acids is 1. The molecule has 0 spiro atoms. The minimum absolute atomic E-state index is 0.00481. The molecule has 0 N–H and O–H groups in total. The van der Waals surface area contributed by atoms with E-state index < -0.39 is 4.92 Å². The molecule has 2 aromatic carbocycles. The molecule has 0 aromatic heterocycles. The van der Waals surface area contributed by atoms with Gasteiger partial charge in [0.15, 0.2) is 0 Å². The van der Waals surface area contributed by atoms with Crippen molar-refractivity contribution in [2.75, 3.05) is 13.6 Å². The normalized spacial score (nSPS) is 11.2. The van der Waals surface area contributed by atoms with E-state index in [1.807, 2.05) is 51.1 Å². The lowest BCUT2D eigenvalue weighted by molar-refractivity contribution is -0.386. The number of rotatable bonds is 5. The summed E-state index contributed by atoms with van der Waals surface area (Å²) in [6.07, 6.45) is 0.741. The van der Waals surface area contributed by atoms with Crippen molar-refractivity contribution in [1.29, 1.82) is 0 Å². The standard InChI is InChI=1S/C20H24N2O3/c1-20(2,3)17-11-10-16(14-18(17)22(24)25)19(23)21(4)13-12-15-8-6-5-7-9-15/h5-11,14H,12-13H2,1-4H3. The number of nitrogens with zero attached hydrogens (tertiary/aromatic N) is 2. The predicted octanol–water partition coefficient (Wildman–Crippen LogP) is 4.21. The first-order valence-corrected chi connectivity index (χ1v) is 8.28. The Morgan fingerprint density at radius 3 is 2.32 bits per heavy atom. The molecular formula is C20H24N2O3. The SMILES string of the molecule is CN(CCc1ccccc1)C(=O)c1ccc(C(C)(C)C)c([N+](=O)[O-])c1. The Balaban J connectivity index is 2.18. The quantitative estimate of drug-likeness (QED) is 0.605. The Morgan fingerprint density at radius 1 is 1.12 bits per heavy atom. The topological polar surface area (TPSA) is 63.5 Å². The molecule has 0 radical (unpaired) electrons. The number of amides is 1. The second-order valence-electron chi connectivity index (χ2n) is 7.20. The van der Waals surface area contributed by atoms with Crippen LogP contribution >= 0.6 is 0 Å². The van der Waals surface area contributed by atoms with Crippen molar-refractivity contribution in [2.45, 2.75) is 32.6 Å². The van der Waals surface area contributed by atoms with Gasteiger partial charge in [-0.05, 0) is 23.5 Å². The summed E-state index contributed by atoms with van der Waals surface area (Å²) in [7, 11) is 1.72. The van der Waals surface area contributed by atoms with Crippen LogP contribution in [0.5, 0.6) is 0 Å². The van der Waals surface area contributed by atoms with Gasteiger partial charge in [0, 0.05) is 30.8 Å². The molecule has 5 nitrogen and oxygen atoms in total. The highest BCUT2D eigenvalue weighted by molar-refractivity contribution is 5.95. The van der Waals surface area contributed by atoms with Crippen molar-refractivity contribution in [3.05, 3.63) is 75.3 Å². The summed E-state index contributed by atoms with van der Waals surface area (Å²) in [5.41, 5.74) is 1.76. The molecule has 0 aliphatic heterocycles. The van der Waals surface area contributed by atoms with Gasteiger partial charge in [-0.25, -0.2) is 0 Å². The molecule has 0 heterocycles. The molecule has 0 saturated carbocycles. The average molecular weight is 340 g/mol. The lowest BCUT2D eigenvalue weighted by Gasteiger charge is -2.21. The third-order valence-corrected chi connectivity index (χ3v) is 4.17. The van der Waals surface area contributed by atoms with E-state index in [-0.39, 0.29) is 17.0 Å². The van der Waals surface area contributed by atoms with Gasteiger partial charge in [0.05, 0.1) is 4.92 Å². The largest absolute Gasteiger partial charge is 0.341 e. The molecule has 0 unspecified atom stereocenters. The molecule has 2 rings (SSSR count). The highest BCUT2D eigenvalue weighted by atomic mass is 16.6. The van der Waals surface area contributed by atoms with Crippen LogP contribution in [0.15, 0.2) is 48.5 Å². The monoisotopic (exact) mass is 340 g/mol. The summed E-state index contributed by atoms with van der Waals surface area (Å²) >= 11 is 0. The van der Waals surface area contributed by atoms with Gasteiger partial charge < -0.3 is 4.90 Å². The first-order chi connectivity index (χ1) is 11.7. The fourth-order valence-electron chi connectivity index (χ4n) is 2.71. The van der Waals surface area contributed by atoms with Crippen molar-refractivity contribution in [3.63, 3.8) is 0 Å². The molecule has 0 aliphatic carbocycles. The number of nitro benzene ring substituents is 1. The molecule has 0 aliphatic rings. The van der Waals surface area contributed by atoms with Crippen molar-refractivity contribution < 1.29 is 9.72 Å². The third kappa shape index (κ3) is 4.66. The molecule has 0 saturated heterocycles. The van der Waals surface area contributed by atoms with Gasteiger partial charge in [-0.3, -0.25) is 14.9 Å². The summed E-state index contributed by atoms with van der Waals surface area (Å²) in [5, 5.41) is 11.4. The molecular weight excluding hydrogens is 316 g/mol. The van der Waals surface area contributed by atoms with Crippen molar-refractivity contribution in [3.8, 4) is 0 Å². The van der Waals surface area contributed by atoms with Crippen LogP contribution in [0.3, 0.4) is 0 Å². The molecule has 132 valence electrons. The summed E-state index contributed by atoms with van der Waals surface area (Å²) < 4.78 is 0. The van der Waals surface area contributed by atoms with Gasteiger partial charge in [0.25, 0.3) is 11.6 Å². The van der Waals surface area contributed by atoms with E-state index >= 15 is 0 Å². The number of benzene rings is 2. The average Bonchev–Trinajstić information content (AvgIpc) is 2.58. The third-order valence-electron chi connectivity index (χ3n) is 4.17. The van der Waals surface area contributed by atoms with Crippen LogP contribution in [0, 0.1) is 10.1 Å². The van der Waals surface area contributed by atoms with Crippen LogP contribution in [0.1, 0.15) is 42.3 Å². The predicted molar refractivity (Wildman–Crippen MR) is 98.9 cm³/mol. The smallest absolute Gasteiger partial charge is 0.273 e. The number of likely N-dealkylation sites (N-methyl/N-ethyl adjacent to an activating group) is 1. The van der Waals surface area contributed by atoms with Gasteiger partial charge in [0.2, 0.25) is 0 Å². The van der Waals surface area contributed by atoms with Gasteiger partial charge in [-0.2, -0.15) is 0 Å². The zero-order valence-corrected chi connectivity index (χ0v) is 15.2. The Morgan fingerprint density at radius 2 is 1.76 bits per heavy atom. The molecule has 0 bridgehead atoms. The summed E-state index contributed by atoms with van der Waals surface area (Å²) in [5.74, 6) is -0.209. The maximum Gasteiger partial charge on any atom is 0.273 e. The number of hydrogen-bond acceptors (Lipinski definition) is 3. The maximum absolute atomic E-state index is 12.6. The zero-order valence-electron chi connectivity index (χ0n) is 15.2. The highest BCUT2D eigenvalue weighted by Crippen LogP contribution is 2.32. The van der Waals surface area contributed by atoms with Gasteiger partial charge in [-0.1, -0.05) is 57.2 Å². The summed E-state index contributed by atoms with van der Waals surface area (Å²) in [6.45, 7) is 6.31. The van der Waals surface area contributed by atoms with E-state index in [1.165, 1.54) is 6.07 Å². The van der Waals surface area contributed by atoms with E-state index in [0.717, 1.165) is 12.0 Å². The van der Waals surface area contributed by atoms with Gasteiger partial charge in [-0.15, -0.1) is 0 Å². The van der Waals surface area contributed by atoms with Crippen molar-refractivity contribution in [2.24, 2.45) is 0 Å². The molecule has 25 heavy (non-hydrogen) atoms. The highest BCUT2D eigenvalue weighted by Gasteiger charge is 2.26. The number of nitro groups is 1. The van der Waals surface area contributed by atoms with Crippen LogP contribution in [0.2, 0.25) is 0 Å². The van der Waals surface area contributed by atoms with Crippen molar-refractivity contribution >= 4 is 11.6 Å². The second kappa shape index (κ2) is 7.47. The summed E-state index contributed by atoms with van der Waals surface area (Å²) in [6, 6.07) is 14.7. The lowest BCUT2D eigenvalue weighted by atomic mass is 9.85. The lowest BCUT2D eigenvalue weighted by Crippen LogP contribution is -2.29. The Hall–Kier alpha value is -2.69. The van der Waals surface area contributed by atoms with Crippen molar-refractivity contribution in [1.82, 2.24) is 4.90 Å². The molecule has 0 atom stereocenters. The first kappa shape index (κ1) is 18.6. The van der Waals surface area contributed by atoms with Crippen LogP contribution in [0.4, 0.5) is 5.69 Å². The minimum Gasteiger partial charge on any atom is -0.341 e. The second-order valence-corrected chi connectivity index (χ2v) is 7.20. The molecule has 5 heteroatoms. The minimum atomic E-state index is -0.415.